The number of hydrogen-bond acceptors (Lipinski definition) is 1. The van der Waals surface area contributed by atoms with Crippen LogP contribution >= 0.6 is 0 Å². The number of alkyl halides is 6. The van der Waals surface area contributed by atoms with Crippen molar-refractivity contribution in [3.63, 3.8) is 0 Å². The summed E-state index contributed by atoms with van der Waals surface area (Å²) in [5, 5.41) is 15.0. The van der Waals surface area contributed by atoms with E-state index in [9.17, 15) is 18.4 Å². The molecule has 12 aromatic rings. The van der Waals surface area contributed by atoms with Gasteiger partial charge in [-0.25, -0.2) is 0 Å². The molecule has 2 heterocycles. The zero-order valence-corrected chi connectivity index (χ0v) is 49.0. The Labute approximate surface area is 485 Å². The molecule has 84 heavy (non-hydrogen) atoms. The Morgan fingerprint density at radius 2 is 0.619 bits per heavy atom. The number of nitrogens with zero attached hydrogens (tertiary/aromatic N) is 3. The smallest absolute Gasteiger partial charge is 0.307 e. The third-order valence-corrected chi connectivity index (χ3v) is 17.1. The van der Waals surface area contributed by atoms with Crippen LogP contribution in [0.1, 0.15) is 83.5 Å². The SMILES string of the molecule is Cc1cc(C)c(-c2ccc3c4ccc(-c5c(C)cc(C)cc5C)cc4n(-c4cc(C#N)c(-c5ccc(C(F)(F)F)cc5C(F)(F)F)cc4-n4c5cc(-c6c(C)cc(C)cc6C)ccc5c5ccc(-c6c(C)cc(C)cc6C)cc54)c3c2)c(C)c1. The van der Waals surface area contributed by atoms with Crippen LogP contribution in [-0.2, 0) is 12.4 Å². The first-order chi connectivity index (χ1) is 39.8. The van der Waals surface area contributed by atoms with Crippen molar-refractivity contribution in [2.75, 3.05) is 0 Å². The van der Waals surface area contributed by atoms with Crippen LogP contribution in [0, 0.1) is 94.4 Å². The van der Waals surface area contributed by atoms with Crippen molar-refractivity contribution in [3.05, 3.63) is 235 Å². The van der Waals surface area contributed by atoms with Crippen molar-refractivity contribution in [3.8, 4) is 73.1 Å². The van der Waals surface area contributed by atoms with Crippen LogP contribution in [0.15, 0.2) is 152 Å². The number of rotatable bonds is 7. The lowest BCUT2D eigenvalue weighted by Gasteiger charge is -2.22. The van der Waals surface area contributed by atoms with Gasteiger partial charge >= 0.3 is 12.4 Å². The van der Waals surface area contributed by atoms with E-state index in [0.29, 0.717) is 17.4 Å². The molecule has 0 radical (unpaired) electrons. The third kappa shape index (κ3) is 9.24. The summed E-state index contributed by atoms with van der Waals surface area (Å²) >= 11 is 0. The Balaban J connectivity index is 1.31. The van der Waals surface area contributed by atoms with E-state index < -0.39 is 29.0 Å². The fourth-order valence-electron chi connectivity index (χ4n) is 14.2. The molecule has 0 saturated heterocycles. The van der Waals surface area contributed by atoms with Crippen LogP contribution in [0.5, 0.6) is 0 Å². The second-order valence-corrected chi connectivity index (χ2v) is 23.4. The summed E-state index contributed by atoms with van der Waals surface area (Å²) in [6.07, 6.45) is -10.3. The molecular formula is C75H61F6N3. The van der Waals surface area contributed by atoms with Crippen molar-refractivity contribution >= 4 is 43.6 Å². The van der Waals surface area contributed by atoms with E-state index >= 15 is 13.2 Å². The summed E-state index contributed by atoms with van der Waals surface area (Å²) in [6.45, 7) is 25.0. The Morgan fingerprint density at radius 3 is 0.893 bits per heavy atom. The first-order valence-corrected chi connectivity index (χ1v) is 28.2. The highest BCUT2D eigenvalue weighted by Gasteiger charge is 2.39. The largest absolute Gasteiger partial charge is 0.417 e. The minimum atomic E-state index is -5.25. The Morgan fingerprint density at radius 1 is 0.321 bits per heavy atom. The molecular weight excluding hydrogens is 1060 g/mol. The van der Waals surface area contributed by atoms with Crippen LogP contribution in [0.2, 0.25) is 0 Å². The van der Waals surface area contributed by atoms with Crippen molar-refractivity contribution < 1.29 is 26.3 Å². The summed E-state index contributed by atoms with van der Waals surface area (Å²) in [7, 11) is 0. The Kier molecular flexibility index (Phi) is 13.2. The first kappa shape index (κ1) is 55.4. The van der Waals surface area contributed by atoms with Gasteiger partial charge in [-0.05, 0) is 226 Å². The van der Waals surface area contributed by atoms with Gasteiger partial charge in [0.25, 0.3) is 0 Å². The molecule has 10 aromatic carbocycles. The second-order valence-electron chi connectivity index (χ2n) is 23.4. The molecule has 0 bridgehead atoms. The summed E-state index contributed by atoms with van der Waals surface area (Å²) < 4.78 is 94.5. The predicted octanol–water partition coefficient (Wildman–Crippen LogP) is 21.8. The topological polar surface area (TPSA) is 33.6 Å². The lowest BCUT2D eigenvalue weighted by Crippen LogP contribution is -2.13. The maximum absolute atomic E-state index is 15.6. The molecule has 0 amide bonds. The van der Waals surface area contributed by atoms with Gasteiger partial charge in [0.2, 0.25) is 0 Å². The van der Waals surface area contributed by atoms with Gasteiger partial charge in [0.15, 0.2) is 0 Å². The molecule has 0 fully saturated rings. The fourth-order valence-corrected chi connectivity index (χ4v) is 14.2. The molecule has 3 nitrogen and oxygen atoms in total. The lowest BCUT2D eigenvalue weighted by molar-refractivity contribution is -0.142. The minimum Gasteiger partial charge on any atom is -0.307 e. The van der Waals surface area contributed by atoms with Crippen LogP contribution in [0.3, 0.4) is 0 Å². The average molecular weight is 1120 g/mol. The van der Waals surface area contributed by atoms with Gasteiger partial charge in [0, 0.05) is 27.1 Å². The molecule has 0 N–H and O–H groups in total. The molecule has 418 valence electrons. The van der Waals surface area contributed by atoms with E-state index in [2.05, 4.69) is 220 Å². The monoisotopic (exact) mass is 1120 g/mol. The van der Waals surface area contributed by atoms with Crippen LogP contribution < -0.4 is 0 Å². The zero-order valence-electron chi connectivity index (χ0n) is 49.0. The van der Waals surface area contributed by atoms with E-state index in [-0.39, 0.29) is 17.2 Å². The van der Waals surface area contributed by atoms with Crippen molar-refractivity contribution in [2.45, 2.75) is 95.4 Å². The molecule has 9 heteroatoms. The van der Waals surface area contributed by atoms with Crippen LogP contribution in [0.25, 0.3) is 111 Å². The fraction of sp³-hybridized carbons (Fsp3) is 0.187. The number of benzene rings is 10. The molecule has 0 saturated carbocycles. The maximum atomic E-state index is 15.6. The highest BCUT2D eigenvalue weighted by Crippen LogP contribution is 2.48. The summed E-state index contributed by atoms with van der Waals surface area (Å²) in [4.78, 5) is 0. The quantitative estimate of drug-likeness (QED) is 0.146. The van der Waals surface area contributed by atoms with Gasteiger partial charge in [-0.1, -0.05) is 125 Å². The van der Waals surface area contributed by atoms with Gasteiger partial charge in [-0.3, -0.25) is 0 Å². The molecule has 0 atom stereocenters. The average Bonchev–Trinajstić information content (AvgIpc) is 1.84. The molecule has 2 aromatic heterocycles. The Hall–Kier alpha value is -9.13. The second kappa shape index (κ2) is 20.1. The maximum Gasteiger partial charge on any atom is 0.417 e. The standard InChI is InChI=1S/C75H61F6N3/c1-39-23-43(5)70(44(6)24-39)51-13-18-58-59-19-14-52(71-45(7)25-40(2)26-46(71)8)32-65(59)83(64(58)31-51)68-35-55(38-82)62(57-22-17-56(74(76,77)78)36-63(57)75(79,80)81)37-69(68)84-66-33-53(72-47(9)27-41(3)28-48(72)10)15-20-60(66)61-21-16-54(34-67(61)84)73-49(11)29-42(4)30-50(73)12/h13-37H,1-12H3. The number of fused-ring (bicyclic) bond motifs is 6. The molecule has 0 aliphatic carbocycles. The summed E-state index contributed by atoms with van der Waals surface area (Å²) in [6, 6.07) is 50.0. The van der Waals surface area contributed by atoms with Gasteiger partial charge in [0.05, 0.1) is 56.2 Å². The minimum absolute atomic E-state index is 0.154. The molecule has 0 spiro atoms. The number of hydrogen-bond donors (Lipinski definition) is 0. The van der Waals surface area contributed by atoms with E-state index in [4.69, 9.17) is 0 Å². The van der Waals surface area contributed by atoms with Crippen molar-refractivity contribution in [1.82, 2.24) is 9.13 Å². The van der Waals surface area contributed by atoms with E-state index in [1.165, 1.54) is 0 Å². The Bertz CT molecular complexity index is 4520. The van der Waals surface area contributed by atoms with Gasteiger partial charge in [-0.2, -0.15) is 31.6 Å². The van der Waals surface area contributed by atoms with E-state index in [1.54, 1.807) is 12.1 Å². The first-order valence-electron chi connectivity index (χ1n) is 28.2. The molecule has 0 aliphatic rings. The number of halogens is 6. The highest BCUT2D eigenvalue weighted by atomic mass is 19.4. The number of aromatic nitrogens is 2. The van der Waals surface area contributed by atoms with E-state index in [1.807, 2.05) is 0 Å². The van der Waals surface area contributed by atoms with Crippen LogP contribution in [0.4, 0.5) is 26.3 Å². The van der Waals surface area contributed by atoms with Gasteiger partial charge in [-0.15, -0.1) is 0 Å². The summed E-state index contributed by atoms with van der Waals surface area (Å²) in [5.74, 6) is 0. The van der Waals surface area contributed by atoms with Crippen molar-refractivity contribution in [2.24, 2.45) is 0 Å². The predicted molar refractivity (Wildman–Crippen MR) is 334 cm³/mol. The number of nitriles is 1. The molecule has 0 aliphatic heterocycles. The van der Waals surface area contributed by atoms with E-state index in [0.717, 1.165) is 161 Å². The third-order valence-electron chi connectivity index (χ3n) is 17.1. The van der Waals surface area contributed by atoms with Crippen LogP contribution in [-0.4, -0.2) is 9.13 Å². The molecule has 12 rings (SSSR count). The van der Waals surface area contributed by atoms with Gasteiger partial charge in [0.1, 0.15) is 0 Å². The molecule has 0 unspecified atom stereocenters. The highest BCUT2D eigenvalue weighted by molar-refractivity contribution is 6.14. The van der Waals surface area contributed by atoms with Gasteiger partial charge < -0.3 is 9.13 Å². The lowest BCUT2D eigenvalue weighted by atomic mass is 9.92. The van der Waals surface area contributed by atoms with Crippen molar-refractivity contribution in [1.29, 1.82) is 5.26 Å². The summed E-state index contributed by atoms with van der Waals surface area (Å²) in [5.41, 5.74) is 21.1. The normalized spacial score (nSPS) is 12.2. The number of aryl methyl sites for hydroxylation is 12. The zero-order chi connectivity index (χ0) is 59.7.